The Morgan fingerprint density at radius 2 is 1.70 bits per heavy atom. The number of unbranched alkanes of at least 4 members (excludes halogenated alkanes) is 5. The maximum absolute atomic E-state index is 10.9. The molecule has 1 N–H and O–H groups in total. The van der Waals surface area contributed by atoms with Crippen LogP contribution in [0.5, 0.6) is 0 Å². The maximum Gasteiger partial charge on any atom is 0.306 e. The van der Waals surface area contributed by atoms with Gasteiger partial charge in [0.2, 0.25) is 0 Å². The standard InChI is InChI=1S/C16H32O3S/c1-3-10-15(17)11-8-6-4-5-7-9-13-20-14-12-16(18)19-2/h15,17H,3-14H2,1-2H3/t15-/m0/s1. The lowest BCUT2D eigenvalue weighted by Gasteiger charge is -2.08. The molecule has 0 aliphatic rings. The van der Waals surface area contributed by atoms with Crippen molar-refractivity contribution >= 4 is 17.7 Å². The Hall–Kier alpha value is -0.220. The molecule has 0 aromatic heterocycles. The van der Waals surface area contributed by atoms with Crippen molar-refractivity contribution in [2.75, 3.05) is 18.6 Å². The zero-order valence-electron chi connectivity index (χ0n) is 13.2. The van der Waals surface area contributed by atoms with Gasteiger partial charge in [-0.3, -0.25) is 4.79 Å². The van der Waals surface area contributed by atoms with Crippen LogP contribution in [0, 0.1) is 0 Å². The molecule has 20 heavy (non-hydrogen) atoms. The molecule has 0 radical (unpaired) electrons. The van der Waals surface area contributed by atoms with E-state index in [1.54, 1.807) is 0 Å². The molecule has 0 aliphatic heterocycles. The first-order valence-corrected chi connectivity index (χ1v) is 9.18. The first-order valence-electron chi connectivity index (χ1n) is 8.03. The molecule has 0 fully saturated rings. The molecule has 1 atom stereocenters. The van der Waals surface area contributed by atoms with Gasteiger partial charge in [-0.25, -0.2) is 0 Å². The number of thioether (sulfide) groups is 1. The number of hydrogen-bond acceptors (Lipinski definition) is 4. The predicted molar refractivity (Wildman–Crippen MR) is 87.2 cm³/mol. The Labute approximate surface area is 128 Å². The summed E-state index contributed by atoms with van der Waals surface area (Å²) in [6.07, 6.45) is 11.0. The fraction of sp³-hybridized carbons (Fsp3) is 0.938. The average Bonchev–Trinajstić information content (AvgIpc) is 2.44. The lowest BCUT2D eigenvalue weighted by molar-refractivity contribution is -0.140. The van der Waals surface area contributed by atoms with Gasteiger partial charge in [-0.2, -0.15) is 11.8 Å². The van der Waals surface area contributed by atoms with Crippen LogP contribution in [0.15, 0.2) is 0 Å². The Balaban J connectivity index is 3.08. The van der Waals surface area contributed by atoms with E-state index in [2.05, 4.69) is 11.7 Å². The van der Waals surface area contributed by atoms with Gasteiger partial charge in [-0.15, -0.1) is 0 Å². The normalized spacial score (nSPS) is 12.3. The monoisotopic (exact) mass is 304 g/mol. The number of esters is 1. The molecule has 0 bridgehead atoms. The summed E-state index contributed by atoms with van der Waals surface area (Å²) in [7, 11) is 1.44. The summed E-state index contributed by atoms with van der Waals surface area (Å²) in [5.74, 6) is 1.91. The van der Waals surface area contributed by atoms with Crippen molar-refractivity contribution in [2.45, 2.75) is 77.2 Å². The van der Waals surface area contributed by atoms with Gasteiger partial charge in [0.1, 0.15) is 0 Å². The van der Waals surface area contributed by atoms with Crippen LogP contribution in [0.1, 0.15) is 71.1 Å². The van der Waals surface area contributed by atoms with Crippen molar-refractivity contribution in [3.63, 3.8) is 0 Å². The number of aliphatic hydroxyl groups is 1. The zero-order chi connectivity index (χ0) is 15.1. The van der Waals surface area contributed by atoms with E-state index in [0.29, 0.717) is 6.42 Å². The third-order valence-electron chi connectivity index (χ3n) is 3.38. The number of aliphatic hydroxyl groups excluding tert-OH is 1. The van der Waals surface area contributed by atoms with E-state index in [4.69, 9.17) is 0 Å². The predicted octanol–water partition coefficient (Wildman–Crippen LogP) is 4.17. The minimum atomic E-state index is -0.109. The lowest BCUT2D eigenvalue weighted by Crippen LogP contribution is -2.04. The summed E-state index contributed by atoms with van der Waals surface area (Å²) >= 11 is 1.84. The number of carbonyl (C=O) groups is 1. The number of hydrogen-bond donors (Lipinski definition) is 1. The molecule has 0 spiro atoms. The highest BCUT2D eigenvalue weighted by Crippen LogP contribution is 2.13. The Morgan fingerprint density at radius 3 is 2.35 bits per heavy atom. The molecule has 0 heterocycles. The van der Waals surface area contributed by atoms with E-state index >= 15 is 0 Å². The third-order valence-corrected chi connectivity index (χ3v) is 4.45. The molecule has 0 aromatic rings. The first kappa shape index (κ1) is 19.8. The van der Waals surface area contributed by atoms with Crippen molar-refractivity contribution in [3.05, 3.63) is 0 Å². The van der Waals surface area contributed by atoms with Crippen molar-refractivity contribution in [1.29, 1.82) is 0 Å². The van der Waals surface area contributed by atoms with Crippen LogP contribution in [0.4, 0.5) is 0 Å². The van der Waals surface area contributed by atoms with E-state index in [-0.39, 0.29) is 12.1 Å². The molecule has 4 heteroatoms. The molecule has 0 aliphatic carbocycles. The second kappa shape index (κ2) is 15.2. The smallest absolute Gasteiger partial charge is 0.306 e. The van der Waals surface area contributed by atoms with Gasteiger partial charge < -0.3 is 9.84 Å². The summed E-state index contributed by atoms with van der Waals surface area (Å²) in [4.78, 5) is 10.9. The van der Waals surface area contributed by atoms with Gasteiger partial charge >= 0.3 is 5.97 Å². The van der Waals surface area contributed by atoms with Gasteiger partial charge in [0.25, 0.3) is 0 Å². The highest BCUT2D eigenvalue weighted by atomic mass is 32.2. The van der Waals surface area contributed by atoms with Gasteiger partial charge in [0.05, 0.1) is 19.6 Å². The van der Waals surface area contributed by atoms with Crippen molar-refractivity contribution < 1.29 is 14.6 Å². The van der Waals surface area contributed by atoms with Crippen LogP contribution in [0.25, 0.3) is 0 Å². The number of carbonyl (C=O) groups excluding carboxylic acids is 1. The van der Waals surface area contributed by atoms with Crippen LogP contribution in [-0.4, -0.2) is 35.8 Å². The quantitative estimate of drug-likeness (QED) is 0.386. The largest absolute Gasteiger partial charge is 0.469 e. The molecule has 3 nitrogen and oxygen atoms in total. The van der Waals surface area contributed by atoms with Crippen LogP contribution in [0.2, 0.25) is 0 Å². The number of rotatable bonds is 14. The van der Waals surface area contributed by atoms with E-state index < -0.39 is 0 Å². The second-order valence-electron chi connectivity index (χ2n) is 5.29. The van der Waals surface area contributed by atoms with E-state index in [1.165, 1.54) is 39.2 Å². The number of ether oxygens (including phenoxy) is 1. The second-order valence-corrected chi connectivity index (χ2v) is 6.52. The average molecular weight is 304 g/mol. The van der Waals surface area contributed by atoms with Gasteiger partial charge in [0.15, 0.2) is 0 Å². The molecular formula is C16H32O3S. The molecular weight excluding hydrogens is 272 g/mol. The topological polar surface area (TPSA) is 46.5 Å². The van der Waals surface area contributed by atoms with E-state index in [9.17, 15) is 9.90 Å². The summed E-state index contributed by atoms with van der Waals surface area (Å²) in [5.41, 5.74) is 0. The molecule has 0 saturated heterocycles. The molecule has 0 aromatic carbocycles. The van der Waals surface area contributed by atoms with Crippen LogP contribution >= 0.6 is 11.8 Å². The first-order chi connectivity index (χ1) is 9.70. The molecule has 0 amide bonds. The lowest BCUT2D eigenvalue weighted by atomic mass is 10.0. The van der Waals surface area contributed by atoms with Gasteiger partial charge in [-0.05, 0) is 25.0 Å². The summed E-state index contributed by atoms with van der Waals surface area (Å²) < 4.78 is 4.59. The van der Waals surface area contributed by atoms with Crippen molar-refractivity contribution in [1.82, 2.24) is 0 Å². The highest BCUT2D eigenvalue weighted by molar-refractivity contribution is 7.99. The van der Waals surface area contributed by atoms with Crippen LogP contribution in [0.3, 0.4) is 0 Å². The van der Waals surface area contributed by atoms with Gasteiger partial charge in [-0.1, -0.05) is 45.4 Å². The Morgan fingerprint density at radius 1 is 1.05 bits per heavy atom. The maximum atomic E-state index is 10.9. The molecule has 0 saturated carbocycles. The van der Waals surface area contributed by atoms with Gasteiger partial charge in [0, 0.05) is 5.75 Å². The SMILES string of the molecule is CCC[C@H](O)CCCCCCCCSCCC(=O)OC. The van der Waals surface area contributed by atoms with Crippen LogP contribution in [-0.2, 0) is 9.53 Å². The minimum absolute atomic E-state index is 0.0776. The van der Waals surface area contributed by atoms with E-state index in [0.717, 1.165) is 37.2 Å². The summed E-state index contributed by atoms with van der Waals surface area (Å²) in [6, 6.07) is 0. The minimum Gasteiger partial charge on any atom is -0.469 e. The fourth-order valence-electron chi connectivity index (χ4n) is 2.13. The van der Waals surface area contributed by atoms with Crippen LogP contribution < -0.4 is 0 Å². The highest BCUT2D eigenvalue weighted by Gasteiger charge is 2.02. The molecule has 0 rings (SSSR count). The van der Waals surface area contributed by atoms with Crippen molar-refractivity contribution in [2.24, 2.45) is 0 Å². The van der Waals surface area contributed by atoms with Crippen molar-refractivity contribution in [3.8, 4) is 0 Å². The molecule has 0 unspecified atom stereocenters. The molecule has 120 valence electrons. The van der Waals surface area contributed by atoms with E-state index in [1.807, 2.05) is 11.8 Å². The Kier molecular flexibility index (Phi) is 15.0. The zero-order valence-corrected chi connectivity index (χ0v) is 14.1. The number of methoxy groups -OCH3 is 1. The Bertz CT molecular complexity index is 222. The third kappa shape index (κ3) is 14.2. The fourth-order valence-corrected chi connectivity index (χ4v) is 3.05. The summed E-state index contributed by atoms with van der Waals surface area (Å²) in [5, 5.41) is 9.59. The summed E-state index contributed by atoms with van der Waals surface area (Å²) in [6.45, 7) is 2.12.